The number of rotatable bonds is 9. The number of nitrogens with one attached hydrogen (secondary N) is 1. The standard InChI is InChI=1S/C25H25N5O4/c1-17-24(27-23(31)12-14-29-22(25(32)33)11-13-26-29)18(2)30(28-17)16-19-7-6-10-21(15-19)34-20-8-4-3-5-9-20/h3-11,13,15H,12,14,16H2,1-2H3,(H,27,31)(H,32,33). The minimum absolute atomic E-state index is 0.0476. The smallest absolute Gasteiger partial charge is 0.354 e. The van der Waals surface area contributed by atoms with Gasteiger partial charge < -0.3 is 15.2 Å². The van der Waals surface area contributed by atoms with Crippen LogP contribution in [0.1, 0.15) is 33.9 Å². The van der Waals surface area contributed by atoms with Crippen LogP contribution in [0.2, 0.25) is 0 Å². The number of aromatic nitrogens is 4. The molecule has 9 heteroatoms. The Balaban J connectivity index is 1.41. The Morgan fingerprint density at radius 2 is 1.76 bits per heavy atom. The van der Waals surface area contributed by atoms with Crippen LogP contribution in [0.5, 0.6) is 11.5 Å². The van der Waals surface area contributed by atoms with Gasteiger partial charge in [-0.25, -0.2) is 4.79 Å². The zero-order valence-corrected chi connectivity index (χ0v) is 18.9. The van der Waals surface area contributed by atoms with E-state index in [9.17, 15) is 9.59 Å². The van der Waals surface area contributed by atoms with Crippen molar-refractivity contribution in [2.75, 3.05) is 5.32 Å². The average Bonchev–Trinajstić information content (AvgIpc) is 3.39. The number of aryl methyl sites for hydroxylation is 2. The van der Waals surface area contributed by atoms with E-state index in [1.54, 1.807) is 0 Å². The first kappa shape index (κ1) is 22.8. The molecule has 2 N–H and O–H groups in total. The van der Waals surface area contributed by atoms with E-state index in [0.29, 0.717) is 17.9 Å². The van der Waals surface area contributed by atoms with Crippen molar-refractivity contribution in [1.82, 2.24) is 19.6 Å². The summed E-state index contributed by atoms with van der Waals surface area (Å²) in [4.78, 5) is 23.7. The number of benzene rings is 2. The van der Waals surface area contributed by atoms with Gasteiger partial charge in [0.1, 0.15) is 17.2 Å². The number of carbonyl (C=O) groups excluding carboxylic acids is 1. The molecule has 0 fully saturated rings. The summed E-state index contributed by atoms with van der Waals surface area (Å²) >= 11 is 0. The maximum absolute atomic E-state index is 12.5. The lowest BCUT2D eigenvalue weighted by molar-refractivity contribution is -0.116. The predicted molar refractivity (Wildman–Crippen MR) is 126 cm³/mol. The van der Waals surface area contributed by atoms with E-state index in [-0.39, 0.29) is 24.6 Å². The normalized spacial score (nSPS) is 10.8. The topological polar surface area (TPSA) is 111 Å². The van der Waals surface area contributed by atoms with E-state index >= 15 is 0 Å². The molecule has 2 aromatic heterocycles. The number of carboxylic acid groups (broad SMARTS) is 1. The van der Waals surface area contributed by atoms with Gasteiger partial charge in [0.25, 0.3) is 0 Å². The van der Waals surface area contributed by atoms with Crippen molar-refractivity contribution < 1.29 is 19.4 Å². The van der Waals surface area contributed by atoms with Crippen LogP contribution in [0.4, 0.5) is 5.69 Å². The first-order valence-corrected chi connectivity index (χ1v) is 10.8. The fourth-order valence-corrected chi connectivity index (χ4v) is 3.64. The SMILES string of the molecule is Cc1nn(Cc2cccc(Oc3ccccc3)c2)c(C)c1NC(=O)CCn1nccc1C(=O)O. The van der Waals surface area contributed by atoms with Gasteiger partial charge >= 0.3 is 5.97 Å². The summed E-state index contributed by atoms with van der Waals surface area (Å²) < 4.78 is 9.06. The summed E-state index contributed by atoms with van der Waals surface area (Å²) in [6.07, 6.45) is 1.49. The number of hydrogen-bond donors (Lipinski definition) is 2. The number of anilines is 1. The highest BCUT2D eigenvalue weighted by Gasteiger charge is 2.16. The van der Waals surface area contributed by atoms with Crippen LogP contribution in [0.3, 0.4) is 0 Å². The zero-order valence-electron chi connectivity index (χ0n) is 18.9. The molecule has 0 aliphatic heterocycles. The molecule has 0 atom stereocenters. The molecule has 0 saturated heterocycles. The van der Waals surface area contributed by atoms with Gasteiger partial charge in [0.2, 0.25) is 5.91 Å². The van der Waals surface area contributed by atoms with Gasteiger partial charge in [-0.15, -0.1) is 0 Å². The monoisotopic (exact) mass is 459 g/mol. The van der Waals surface area contributed by atoms with Gasteiger partial charge in [-0.1, -0.05) is 30.3 Å². The maximum Gasteiger partial charge on any atom is 0.354 e. The number of aromatic carboxylic acids is 1. The molecule has 0 saturated carbocycles. The molecular formula is C25H25N5O4. The molecule has 174 valence electrons. The van der Waals surface area contributed by atoms with Crippen molar-refractivity contribution in [1.29, 1.82) is 0 Å². The third kappa shape index (κ3) is 5.32. The number of nitrogens with zero attached hydrogens (tertiary/aromatic N) is 4. The third-order valence-corrected chi connectivity index (χ3v) is 5.34. The number of carboxylic acids is 1. The molecule has 9 nitrogen and oxygen atoms in total. The molecule has 0 aliphatic carbocycles. The minimum Gasteiger partial charge on any atom is -0.477 e. The van der Waals surface area contributed by atoms with E-state index in [2.05, 4.69) is 15.5 Å². The van der Waals surface area contributed by atoms with Crippen molar-refractivity contribution >= 4 is 17.6 Å². The molecule has 0 unspecified atom stereocenters. The largest absolute Gasteiger partial charge is 0.477 e. The predicted octanol–water partition coefficient (Wildman–Crippen LogP) is 4.26. The first-order chi connectivity index (χ1) is 16.4. The number of amides is 1. The Morgan fingerprint density at radius 3 is 2.53 bits per heavy atom. The van der Waals surface area contributed by atoms with Gasteiger partial charge in [0.05, 0.1) is 30.2 Å². The number of ether oxygens (including phenoxy) is 1. The van der Waals surface area contributed by atoms with Crippen LogP contribution in [0, 0.1) is 13.8 Å². The molecule has 0 bridgehead atoms. The van der Waals surface area contributed by atoms with Gasteiger partial charge in [0.15, 0.2) is 0 Å². The van der Waals surface area contributed by atoms with Gasteiger partial charge in [-0.2, -0.15) is 10.2 Å². The van der Waals surface area contributed by atoms with E-state index in [0.717, 1.165) is 22.8 Å². The van der Waals surface area contributed by atoms with E-state index in [4.69, 9.17) is 9.84 Å². The molecule has 0 radical (unpaired) electrons. The Labute approximate surface area is 196 Å². The van der Waals surface area contributed by atoms with E-state index in [1.807, 2.05) is 73.1 Å². The maximum atomic E-state index is 12.5. The highest BCUT2D eigenvalue weighted by atomic mass is 16.5. The number of hydrogen-bond acceptors (Lipinski definition) is 5. The van der Waals surface area contributed by atoms with Crippen molar-refractivity contribution in [2.24, 2.45) is 0 Å². The highest BCUT2D eigenvalue weighted by molar-refractivity contribution is 5.92. The lowest BCUT2D eigenvalue weighted by Gasteiger charge is -2.10. The van der Waals surface area contributed by atoms with Crippen LogP contribution >= 0.6 is 0 Å². The number of para-hydroxylation sites is 1. The summed E-state index contributed by atoms with van der Waals surface area (Å²) in [6, 6.07) is 18.8. The highest BCUT2D eigenvalue weighted by Crippen LogP contribution is 2.24. The van der Waals surface area contributed by atoms with Crippen molar-refractivity contribution in [3.05, 3.63) is 89.5 Å². The molecule has 0 aliphatic rings. The molecule has 1 amide bonds. The molecule has 2 heterocycles. The fourth-order valence-electron chi connectivity index (χ4n) is 3.64. The Kier molecular flexibility index (Phi) is 6.72. The average molecular weight is 460 g/mol. The van der Waals surface area contributed by atoms with Crippen LogP contribution in [-0.2, 0) is 17.9 Å². The summed E-state index contributed by atoms with van der Waals surface area (Å²) in [5.74, 6) is 0.180. The Bertz CT molecular complexity index is 1310. The Hall–Kier alpha value is -4.40. The van der Waals surface area contributed by atoms with Crippen LogP contribution in [0.25, 0.3) is 0 Å². The Morgan fingerprint density at radius 1 is 1.00 bits per heavy atom. The van der Waals surface area contributed by atoms with Gasteiger partial charge in [-0.05, 0) is 49.7 Å². The fraction of sp³-hybridized carbons (Fsp3) is 0.200. The van der Waals surface area contributed by atoms with Crippen LogP contribution < -0.4 is 10.1 Å². The third-order valence-electron chi connectivity index (χ3n) is 5.34. The summed E-state index contributed by atoms with van der Waals surface area (Å²) in [5.41, 5.74) is 3.24. The molecular weight excluding hydrogens is 434 g/mol. The van der Waals surface area contributed by atoms with E-state index in [1.165, 1.54) is 16.9 Å². The first-order valence-electron chi connectivity index (χ1n) is 10.8. The quantitative estimate of drug-likeness (QED) is 0.387. The molecule has 4 aromatic rings. The van der Waals surface area contributed by atoms with E-state index < -0.39 is 5.97 Å². The van der Waals surface area contributed by atoms with Gasteiger partial charge in [0, 0.05) is 12.6 Å². The second-order valence-electron chi connectivity index (χ2n) is 7.81. The molecule has 34 heavy (non-hydrogen) atoms. The second-order valence-corrected chi connectivity index (χ2v) is 7.81. The van der Waals surface area contributed by atoms with Gasteiger partial charge in [-0.3, -0.25) is 14.2 Å². The zero-order chi connectivity index (χ0) is 24.1. The number of carbonyl (C=O) groups is 2. The summed E-state index contributed by atoms with van der Waals surface area (Å²) in [5, 5.41) is 20.6. The summed E-state index contributed by atoms with van der Waals surface area (Å²) in [6.45, 7) is 4.42. The summed E-state index contributed by atoms with van der Waals surface area (Å²) in [7, 11) is 0. The lowest BCUT2D eigenvalue weighted by atomic mass is 10.2. The minimum atomic E-state index is -1.08. The van der Waals surface area contributed by atoms with Crippen LogP contribution in [-0.4, -0.2) is 36.5 Å². The molecule has 0 spiro atoms. The molecule has 2 aromatic carbocycles. The van der Waals surface area contributed by atoms with Crippen molar-refractivity contribution in [2.45, 2.75) is 33.4 Å². The second kappa shape index (κ2) is 10.0. The van der Waals surface area contributed by atoms with Crippen molar-refractivity contribution in [3.8, 4) is 11.5 Å². The van der Waals surface area contributed by atoms with Crippen LogP contribution in [0.15, 0.2) is 66.9 Å². The lowest BCUT2D eigenvalue weighted by Crippen LogP contribution is -2.18. The molecule has 4 rings (SSSR count). The van der Waals surface area contributed by atoms with Crippen molar-refractivity contribution in [3.63, 3.8) is 0 Å².